The number of nitrogens with zero attached hydrogens (tertiary/aromatic N) is 5. The van der Waals surface area contributed by atoms with E-state index in [2.05, 4.69) is 32.5 Å². The molecule has 4 rings (SSSR count). The number of nitrogens with one attached hydrogen (secondary N) is 1. The minimum absolute atomic E-state index is 0. The third kappa shape index (κ3) is 3.19. The van der Waals surface area contributed by atoms with Gasteiger partial charge < -0.3 is 9.84 Å². The second-order valence-electron chi connectivity index (χ2n) is 5.66. The summed E-state index contributed by atoms with van der Waals surface area (Å²) in [6.45, 7) is 2.80. The molecule has 3 heterocycles. The van der Waals surface area contributed by atoms with E-state index in [0.717, 1.165) is 36.7 Å². The molecule has 3 aromatic rings. The van der Waals surface area contributed by atoms with E-state index in [4.69, 9.17) is 4.52 Å². The molecule has 0 aliphatic carbocycles. The zero-order valence-electron chi connectivity index (χ0n) is 13.3. The van der Waals surface area contributed by atoms with Gasteiger partial charge >= 0.3 is 0 Å². The number of aromatic nitrogens is 4. The van der Waals surface area contributed by atoms with Crippen LogP contribution in [-0.2, 0) is 0 Å². The van der Waals surface area contributed by atoms with Crippen molar-refractivity contribution in [2.75, 3.05) is 26.7 Å². The van der Waals surface area contributed by atoms with Gasteiger partial charge in [-0.25, -0.2) is 4.68 Å². The van der Waals surface area contributed by atoms with Crippen molar-refractivity contribution >= 4 is 12.4 Å². The van der Waals surface area contributed by atoms with E-state index in [1.165, 1.54) is 0 Å². The molecular formula is C16H19ClN6O. The molecule has 1 aliphatic heterocycles. The van der Waals surface area contributed by atoms with Crippen LogP contribution < -0.4 is 5.32 Å². The zero-order valence-corrected chi connectivity index (χ0v) is 14.1. The van der Waals surface area contributed by atoms with Crippen molar-refractivity contribution in [3.05, 3.63) is 48.5 Å². The summed E-state index contributed by atoms with van der Waals surface area (Å²) in [6.07, 6.45) is 3.66. The zero-order chi connectivity index (χ0) is 15.6. The van der Waals surface area contributed by atoms with Crippen LogP contribution in [0.2, 0.25) is 0 Å². The maximum Gasteiger partial charge on any atom is 0.258 e. The first-order valence-electron chi connectivity index (χ1n) is 7.66. The second-order valence-corrected chi connectivity index (χ2v) is 5.66. The van der Waals surface area contributed by atoms with Crippen molar-refractivity contribution in [1.29, 1.82) is 0 Å². The molecule has 1 fully saturated rings. The largest absolute Gasteiger partial charge is 0.334 e. The molecule has 0 bridgehead atoms. The molecule has 2 aromatic heterocycles. The molecule has 1 unspecified atom stereocenters. The molecule has 1 atom stereocenters. The summed E-state index contributed by atoms with van der Waals surface area (Å²) >= 11 is 0. The van der Waals surface area contributed by atoms with Crippen LogP contribution in [0.25, 0.3) is 17.1 Å². The Hall–Kier alpha value is -2.22. The molecule has 8 heteroatoms. The van der Waals surface area contributed by atoms with Crippen LogP contribution in [0.4, 0.5) is 0 Å². The summed E-state index contributed by atoms with van der Waals surface area (Å²) in [6, 6.07) is 9.95. The maximum absolute atomic E-state index is 5.48. The van der Waals surface area contributed by atoms with Gasteiger partial charge in [0.25, 0.3) is 5.89 Å². The van der Waals surface area contributed by atoms with E-state index in [9.17, 15) is 0 Å². The Kier molecular flexibility index (Phi) is 4.94. The summed E-state index contributed by atoms with van der Waals surface area (Å²) in [5.41, 5.74) is 1.85. The lowest BCUT2D eigenvalue weighted by Crippen LogP contribution is -2.44. The molecule has 126 valence electrons. The van der Waals surface area contributed by atoms with Gasteiger partial charge in [0, 0.05) is 37.6 Å². The molecule has 7 nitrogen and oxygen atoms in total. The van der Waals surface area contributed by atoms with Gasteiger partial charge in [-0.2, -0.15) is 10.1 Å². The molecule has 0 spiro atoms. The number of rotatable bonds is 3. The van der Waals surface area contributed by atoms with Gasteiger partial charge in [-0.3, -0.25) is 4.90 Å². The first-order chi connectivity index (χ1) is 11.3. The normalized spacial score (nSPS) is 18.3. The van der Waals surface area contributed by atoms with Crippen molar-refractivity contribution < 1.29 is 4.52 Å². The lowest BCUT2D eigenvalue weighted by atomic mass is 10.2. The smallest absolute Gasteiger partial charge is 0.258 e. The monoisotopic (exact) mass is 346 g/mol. The van der Waals surface area contributed by atoms with E-state index in [1.54, 1.807) is 10.9 Å². The molecule has 24 heavy (non-hydrogen) atoms. The number of piperazine rings is 1. The van der Waals surface area contributed by atoms with E-state index < -0.39 is 0 Å². The maximum atomic E-state index is 5.48. The van der Waals surface area contributed by atoms with Gasteiger partial charge in [0.15, 0.2) is 5.82 Å². The predicted molar refractivity (Wildman–Crippen MR) is 92.3 cm³/mol. The van der Waals surface area contributed by atoms with Crippen LogP contribution in [0, 0.1) is 0 Å². The average molecular weight is 347 g/mol. The van der Waals surface area contributed by atoms with Gasteiger partial charge in [0.2, 0.25) is 0 Å². The Morgan fingerprint density at radius 1 is 1.29 bits per heavy atom. The minimum atomic E-state index is 0. The molecule has 1 aliphatic rings. The first kappa shape index (κ1) is 16.6. The molecule has 0 amide bonds. The Labute approximate surface area is 146 Å². The molecule has 0 saturated carbocycles. The van der Waals surface area contributed by atoms with Gasteiger partial charge in [-0.1, -0.05) is 11.2 Å². The number of benzene rings is 1. The highest BCUT2D eigenvalue weighted by Crippen LogP contribution is 2.24. The van der Waals surface area contributed by atoms with Crippen LogP contribution >= 0.6 is 12.4 Å². The lowest BCUT2D eigenvalue weighted by molar-refractivity contribution is 0.190. The highest BCUT2D eigenvalue weighted by Gasteiger charge is 2.25. The highest BCUT2D eigenvalue weighted by molar-refractivity contribution is 5.85. The Morgan fingerprint density at radius 2 is 2.21 bits per heavy atom. The van der Waals surface area contributed by atoms with Crippen LogP contribution in [0.15, 0.2) is 47.2 Å². The minimum Gasteiger partial charge on any atom is -0.334 e. The standard InChI is InChI=1S/C16H18N6O.ClH/c1-21-9-7-17-11-14(21)15-19-16(23-20-15)12-4-2-5-13(10-12)22-8-3-6-18-22;/h2-6,8,10,14,17H,7,9,11H2,1H3;1H. The fourth-order valence-electron chi connectivity index (χ4n) is 2.78. The van der Waals surface area contributed by atoms with Crippen LogP contribution in [0.1, 0.15) is 11.9 Å². The Bertz CT molecular complexity index is 787. The summed E-state index contributed by atoms with van der Waals surface area (Å²) in [7, 11) is 2.08. The average Bonchev–Trinajstić information content (AvgIpc) is 3.27. The Balaban J connectivity index is 0.00000169. The number of hydrogen-bond acceptors (Lipinski definition) is 6. The lowest BCUT2D eigenvalue weighted by Gasteiger charge is -2.30. The Morgan fingerprint density at radius 3 is 3.00 bits per heavy atom. The highest BCUT2D eigenvalue weighted by atomic mass is 35.5. The molecule has 1 aromatic carbocycles. The van der Waals surface area contributed by atoms with Crippen molar-refractivity contribution in [3.8, 4) is 17.1 Å². The first-order valence-corrected chi connectivity index (χ1v) is 7.66. The van der Waals surface area contributed by atoms with Crippen LogP contribution in [0.3, 0.4) is 0 Å². The van der Waals surface area contributed by atoms with Crippen molar-refractivity contribution in [3.63, 3.8) is 0 Å². The number of likely N-dealkylation sites (N-methyl/N-ethyl adjacent to an activating group) is 1. The SMILES string of the molecule is CN1CCNCC1c1noc(-c2cccc(-n3cccn3)c2)n1.Cl. The van der Waals surface area contributed by atoms with Gasteiger partial charge in [0.05, 0.1) is 11.7 Å². The van der Waals surface area contributed by atoms with Gasteiger partial charge in [0.1, 0.15) is 0 Å². The molecule has 1 saturated heterocycles. The van der Waals surface area contributed by atoms with E-state index in [0.29, 0.717) is 5.89 Å². The van der Waals surface area contributed by atoms with Gasteiger partial charge in [-0.15, -0.1) is 12.4 Å². The van der Waals surface area contributed by atoms with E-state index >= 15 is 0 Å². The topological polar surface area (TPSA) is 72.0 Å². The molecule has 1 N–H and O–H groups in total. The fraction of sp³-hybridized carbons (Fsp3) is 0.312. The summed E-state index contributed by atoms with van der Waals surface area (Å²) in [5.74, 6) is 1.26. The second kappa shape index (κ2) is 7.12. The summed E-state index contributed by atoms with van der Waals surface area (Å²) in [5, 5.41) is 11.8. The van der Waals surface area contributed by atoms with Crippen LogP contribution in [-0.4, -0.2) is 51.5 Å². The summed E-state index contributed by atoms with van der Waals surface area (Å²) < 4.78 is 7.28. The number of halogens is 1. The third-order valence-corrected chi connectivity index (χ3v) is 4.11. The van der Waals surface area contributed by atoms with Crippen molar-refractivity contribution in [2.24, 2.45) is 0 Å². The molecular weight excluding hydrogens is 328 g/mol. The quantitative estimate of drug-likeness (QED) is 0.781. The number of hydrogen-bond donors (Lipinski definition) is 1. The molecule has 0 radical (unpaired) electrons. The van der Waals surface area contributed by atoms with Crippen molar-refractivity contribution in [1.82, 2.24) is 30.1 Å². The summed E-state index contributed by atoms with van der Waals surface area (Å²) in [4.78, 5) is 6.83. The van der Waals surface area contributed by atoms with E-state index in [1.807, 2.05) is 36.5 Å². The van der Waals surface area contributed by atoms with E-state index in [-0.39, 0.29) is 18.4 Å². The third-order valence-electron chi connectivity index (χ3n) is 4.11. The van der Waals surface area contributed by atoms with Crippen LogP contribution in [0.5, 0.6) is 0 Å². The predicted octanol–water partition coefficient (Wildman–Crippen LogP) is 1.92. The van der Waals surface area contributed by atoms with Crippen molar-refractivity contribution in [2.45, 2.75) is 6.04 Å². The fourth-order valence-corrected chi connectivity index (χ4v) is 2.78. The van der Waals surface area contributed by atoms with Gasteiger partial charge in [-0.05, 0) is 31.3 Å².